The molecule has 156 valence electrons. The molecule has 0 amide bonds. The molecule has 1 atom stereocenters. The highest BCUT2D eigenvalue weighted by Gasteiger charge is 2.18. The second kappa shape index (κ2) is 8.63. The minimum Gasteiger partial charge on any atom is -0.394 e. The van der Waals surface area contributed by atoms with E-state index in [0.717, 1.165) is 12.2 Å². The summed E-state index contributed by atoms with van der Waals surface area (Å²) in [6.45, 7) is 10.0. The maximum atomic E-state index is 14.8. The molecule has 0 aliphatic heterocycles. The molecular weight excluding hydrogens is 393 g/mol. The van der Waals surface area contributed by atoms with E-state index in [1.54, 1.807) is 0 Å². The first-order valence-corrected chi connectivity index (χ1v) is 10.2. The third-order valence-electron chi connectivity index (χ3n) is 4.77. The number of halogens is 2. The molecule has 0 fully saturated rings. The maximum absolute atomic E-state index is 14.8. The molecular formula is C21H27ClFN5O. The van der Waals surface area contributed by atoms with Gasteiger partial charge in [-0.15, -0.1) is 0 Å². The number of aliphatic hydroxyl groups is 1. The van der Waals surface area contributed by atoms with Gasteiger partial charge in [-0.25, -0.2) is 19.3 Å². The first-order chi connectivity index (χ1) is 13.7. The molecule has 0 saturated heterocycles. The lowest BCUT2D eigenvalue weighted by Crippen LogP contribution is -2.26. The summed E-state index contributed by atoms with van der Waals surface area (Å²) in [7, 11) is 0. The van der Waals surface area contributed by atoms with E-state index in [0.29, 0.717) is 39.2 Å². The van der Waals surface area contributed by atoms with Crippen LogP contribution in [0.5, 0.6) is 0 Å². The largest absolute Gasteiger partial charge is 0.394 e. The number of nitrogens with one attached hydrogen (secondary N) is 1. The fourth-order valence-corrected chi connectivity index (χ4v) is 3.83. The van der Waals surface area contributed by atoms with Crippen LogP contribution in [0.1, 0.15) is 46.0 Å². The Morgan fingerprint density at radius 1 is 1.21 bits per heavy atom. The van der Waals surface area contributed by atoms with Crippen LogP contribution in [-0.4, -0.2) is 37.3 Å². The molecule has 0 radical (unpaired) electrons. The first kappa shape index (κ1) is 21.5. The number of nitrogens with zero attached hydrogens (tertiary/aromatic N) is 4. The van der Waals surface area contributed by atoms with Crippen molar-refractivity contribution in [2.75, 3.05) is 11.9 Å². The molecule has 0 aliphatic rings. The van der Waals surface area contributed by atoms with E-state index >= 15 is 0 Å². The van der Waals surface area contributed by atoms with Gasteiger partial charge < -0.3 is 15.0 Å². The quantitative estimate of drug-likeness (QED) is 0.564. The Balaban J connectivity index is 2.06. The third-order valence-corrected chi connectivity index (χ3v) is 5.05. The van der Waals surface area contributed by atoms with Crippen molar-refractivity contribution >= 4 is 28.6 Å². The summed E-state index contributed by atoms with van der Waals surface area (Å²) in [5, 5.41) is 13.1. The molecule has 2 aromatic heterocycles. The maximum Gasteiger partial charge on any atom is 0.223 e. The Morgan fingerprint density at radius 2 is 1.93 bits per heavy atom. The molecule has 8 heteroatoms. The number of hydrogen-bond donors (Lipinski definition) is 2. The number of aromatic nitrogens is 4. The van der Waals surface area contributed by atoms with Crippen molar-refractivity contribution in [3.05, 3.63) is 35.0 Å². The van der Waals surface area contributed by atoms with E-state index in [9.17, 15) is 9.50 Å². The van der Waals surface area contributed by atoms with E-state index in [1.807, 2.05) is 31.4 Å². The summed E-state index contributed by atoms with van der Waals surface area (Å²) in [5.74, 6) is 1.08. The van der Waals surface area contributed by atoms with Crippen LogP contribution < -0.4 is 5.32 Å². The number of benzene rings is 1. The molecule has 29 heavy (non-hydrogen) atoms. The summed E-state index contributed by atoms with van der Waals surface area (Å²) in [6, 6.07) is 3.21. The van der Waals surface area contributed by atoms with Gasteiger partial charge in [-0.2, -0.15) is 0 Å². The van der Waals surface area contributed by atoms with Crippen LogP contribution in [0.25, 0.3) is 22.3 Å². The molecule has 3 rings (SSSR count). The zero-order valence-corrected chi connectivity index (χ0v) is 18.1. The lowest BCUT2D eigenvalue weighted by atomic mass is 10.0. The highest BCUT2D eigenvalue weighted by molar-refractivity contribution is 6.33. The predicted molar refractivity (Wildman–Crippen MR) is 115 cm³/mol. The topological polar surface area (TPSA) is 75.9 Å². The number of aryl methyl sites for hydroxylation is 1. The highest BCUT2D eigenvalue weighted by atomic mass is 35.5. The van der Waals surface area contributed by atoms with Crippen LogP contribution in [0, 0.1) is 18.7 Å². The van der Waals surface area contributed by atoms with Crippen molar-refractivity contribution in [3.8, 4) is 11.3 Å². The molecule has 2 heterocycles. The van der Waals surface area contributed by atoms with Gasteiger partial charge >= 0.3 is 0 Å². The molecule has 6 nitrogen and oxygen atoms in total. The molecule has 3 aromatic rings. The van der Waals surface area contributed by atoms with E-state index in [-0.39, 0.29) is 18.7 Å². The summed E-state index contributed by atoms with van der Waals surface area (Å²) in [6.07, 6.45) is 2.26. The van der Waals surface area contributed by atoms with E-state index in [4.69, 9.17) is 11.6 Å². The van der Waals surface area contributed by atoms with Gasteiger partial charge in [-0.1, -0.05) is 25.4 Å². The van der Waals surface area contributed by atoms with Crippen molar-refractivity contribution in [2.24, 2.45) is 5.92 Å². The summed E-state index contributed by atoms with van der Waals surface area (Å²) in [5.41, 5.74) is 2.02. The molecule has 0 bridgehead atoms. The SMILES string of the molecule is Cc1nc2c(F)cc(-c3nc(N[C@@H](CO)CC(C)C)ncc3Cl)cc2n1C(C)C. The predicted octanol–water partition coefficient (Wildman–Crippen LogP) is 4.99. The normalized spacial score (nSPS) is 12.9. The van der Waals surface area contributed by atoms with Crippen molar-refractivity contribution in [1.82, 2.24) is 19.5 Å². The molecule has 0 saturated carbocycles. The van der Waals surface area contributed by atoms with Gasteiger partial charge in [0.2, 0.25) is 5.95 Å². The minimum absolute atomic E-state index is 0.0348. The number of hydrogen-bond acceptors (Lipinski definition) is 5. The Hall–Kier alpha value is -2.25. The lowest BCUT2D eigenvalue weighted by molar-refractivity contribution is 0.259. The van der Waals surface area contributed by atoms with Crippen LogP contribution in [0.2, 0.25) is 5.02 Å². The minimum atomic E-state index is -0.419. The van der Waals surface area contributed by atoms with Crippen LogP contribution >= 0.6 is 11.6 Å². The Bertz CT molecular complexity index is 1020. The van der Waals surface area contributed by atoms with Crippen molar-refractivity contribution in [1.29, 1.82) is 0 Å². The molecule has 1 aromatic carbocycles. The average molecular weight is 420 g/mol. The number of anilines is 1. The van der Waals surface area contributed by atoms with Gasteiger partial charge in [0, 0.05) is 11.6 Å². The summed E-state index contributed by atoms with van der Waals surface area (Å²) >= 11 is 6.35. The number of imidazole rings is 1. The fraction of sp³-hybridized carbons (Fsp3) is 0.476. The van der Waals surface area contributed by atoms with Gasteiger partial charge in [-0.05, 0) is 45.2 Å². The van der Waals surface area contributed by atoms with E-state index in [2.05, 4.69) is 34.1 Å². The van der Waals surface area contributed by atoms with Crippen LogP contribution in [0.4, 0.5) is 10.3 Å². The van der Waals surface area contributed by atoms with Gasteiger partial charge in [-0.3, -0.25) is 0 Å². The average Bonchev–Trinajstić information content (AvgIpc) is 2.99. The molecule has 0 aliphatic carbocycles. The Morgan fingerprint density at radius 3 is 2.55 bits per heavy atom. The number of rotatable bonds is 7. The van der Waals surface area contributed by atoms with Gasteiger partial charge in [0.05, 0.1) is 35.1 Å². The zero-order chi connectivity index (χ0) is 21.3. The van der Waals surface area contributed by atoms with Gasteiger partial charge in [0.1, 0.15) is 11.3 Å². The Labute approximate surface area is 175 Å². The zero-order valence-electron chi connectivity index (χ0n) is 17.4. The second-order valence-corrected chi connectivity index (χ2v) is 8.40. The Kier molecular flexibility index (Phi) is 6.39. The van der Waals surface area contributed by atoms with E-state index in [1.165, 1.54) is 12.3 Å². The molecule has 2 N–H and O–H groups in total. The second-order valence-electron chi connectivity index (χ2n) is 7.99. The van der Waals surface area contributed by atoms with E-state index < -0.39 is 5.82 Å². The summed E-state index contributed by atoms with van der Waals surface area (Å²) in [4.78, 5) is 13.1. The van der Waals surface area contributed by atoms with Crippen molar-refractivity contribution < 1.29 is 9.50 Å². The number of aliphatic hydroxyl groups excluding tert-OH is 1. The molecule has 0 unspecified atom stereocenters. The fourth-order valence-electron chi connectivity index (χ4n) is 3.63. The monoisotopic (exact) mass is 419 g/mol. The smallest absolute Gasteiger partial charge is 0.223 e. The standard InChI is InChI=1S/C21H27ClFN5O/c1-11(2)6-15(10-29)26-21-24-9-16(22)19(27-21)14-7-17(23)20-18(8-14)28(12(3)4)13(5)25-20/h7-9,11-12,15,29H,6,10H2,1-5H3,(H,24,26,27)/t15-/m1/s1. The third kappa shape index (κ3) is 4.51. The van der Waals surface area contributed by atoms with Crippen LogP contribution in [0.3, 0.4) is 0 Å². The van der Waals surface area contributed by atoms with Crippen LogP contribution in [0.15, 0.2) is 18.3 Å². The van der Waals surface area contributed by atoms with Gasteiger partial charge in [0.15, 0.2) is 5.82 Å². The highest BCUT2D eigenvalue weighted by Crippen LogP contribution is 2.32. The lowest BCUT2D eigenvalue weighted by Gasteiger charge is -2.18. The van der Waals surface area contributed by atoms with Crippen LogP contribution in [-0.2, 0) is 0 Å². The molecule has 0 spiro atoms. The van der Waals surface area contributed by atoms with Crippen molar-refractivity contribution in [3.63, 3.8) is 0 Å². The van der Waals surface area contributed by atoms with Gasteiger partial charge in [0.25, 0.3) is 0 Å². The summed E-state index contributed by atoms with van der Waals surface area (Å²) < 4.78 is 16.8. The number of fused-ring (bicyclic) bond motifs is 1. The first-order valence-electron chi connectivity index (χ1n) is 9.79. The van der Waals surface area contributed by atoms with Crippen molar-refractivity contribution in [2.45, 2.75) is 53.1 Å².